The summed E-state index contributed by atoms with van der Waals surface area (Å²) < 4.78 is 1.70. The minimum Gasteiger partial charge on any atom is -0.337 e. The third kappa shape index (κ3) is 3.33. The van der Waals surface area contributed by atoms with Crippen molar-refractivity contribution in [2.24, 2.45) is 11.7 Å². The van der Waals surface area contributed by atoms with Crippen LogP contribution in [0, 0.1) is 5.92 Å². The Balaban J connectivity index is 1.62. The Kier molecular flexibility index (Phi) is 4.48. The van der Waals surface area contributed by atoms with Crippen LogP contribution in [0.3, 0.4) is 0 Å². The van der Waals surface area contributed by atoms with Crippen molar-refractivity contribution in [1.82, 2.24) is 19.9 Å². The molecule has 0 aliphatic carbocycles. The number of benzene rings is 1. The average Bonchev–Trinajstić information content (AvgIpc) is 3.04. The topological polar surface area (TPSA) is 77.0 Å². The van der Waals surface area contributed by atoms with Gasteiger partial charge in [-0.25, -0.2) is 4.68 Å². The number of nitrogens with two attached hydrogens (primary N) is 1. The van der Waals surface area contributed by atoms with Gasteiger partial charge < -0.3 is 10.6 Å². The first-order valence-electron chi connectivity index (χ1n) is 7.69. The lowest BCUT2D eigenvalue weighted by Gasteiger charge is -2.30. The van der Waals surface area contributed by atoms with E-state index in [2.05, 4.69) is 10.3 Å². The minimum atomic E-state index is -0.0326. The van der Waals surface area contributed by atoms with Crippen LogP contribution >= 0.6 is 0 Å². The molecule has 6 heteroatoms. The number of carbonyl (C=O) groups is 1. The zero-order chi connectivity index (χ0) is 15.4. The highest BCUT2D eigenvalue weighted by Crippen LogP contribution is 2.17. The maximum Gasteiger partial charge on any atom is 0.276 e. The third-order valence-electron chi connectivity index (χ3n) is 4.18. The van der Waals surface area contributed by atoms with E-state index < -0.39 is 0 Å². The van der Waals surface area contributed by atoms with Crippen molar-refractivity contribution < 1.29 is 4.79 Å². The van der Waals surface area contributed by atoms with Crippen molar-refractivity contribution in [2.45, 2.75) is 19.4 Å². The highest BCUT2D eigenvalue weighted by Gasteiger charge is 2.24. The van der Waals surface area contributed by atoms with Crippen molar-refractivity contribution in [2.75, 3.05) is 19.6 Å². The van der Waals surface area contributed by atoms with Crippen LogP contribution in [0.25, 0.3) is 0 Å². The monoisotopic (exact) mass is 299 g/mol. The molecule has 1 amide bonds. The van der Waals surface area contributed by atoms with Crippen molar-refractivity contribution in [3.8, 4) is 0 Å². The lowest BCUT2D eigenvalue weighted by Crippen LogP contribution is -2.40. The van der Waals surface area contributed by atoms with Crippen LogP contribution in [0.15, 0.2) is 36.5 Å². The van der Waals surface area contributed by atoms with Crippen LogP contribution in [0.1, 0.15) is 28.9 Å². The second-order valence-corrected chi connectivity index (χ2v) is 5.76. The first-order chi connectivity index (χ1) is 10.8. The zero-order valence-electron chi connectivity index (χ0n) is 12.6. The molecule has 1 aromatic heterocycles. The van der Waals surface area contributed by atoms with E-state index >= 15 is 0 Å². The van der Waals surface area contributed by atoms with Gasteiger partial charge in [-0.1, -0.05) is 35.5 Å². The van der Waals surface area contributed by atoms with Gasteiger partial charge in [0.15, 0.2) is 5.69 Å². The highest BCUT2D eigenvalue weighted by molar-refractivity contribution is 5.91. The molecule has 6 nitrogen and oxygen atoms in total. The number of likely N-dealkylation sites (tertiary alicyclic amines) is 1. The minimum absolute atomic E-state index is 0.0326. The average molecular weight is 299 g/mol. The SMILES string of the molecule is NCC1CCN(C(=O)c2cn(Cc3ccccc3)nn2)CC1. The smallest absolute Gasteiger partial charge is 0.276 e. The van der Waals surface area contributed by atoms with Crippen molar-refractivity contribution in [1.29, 1.82) is 0 Å². The normalized spacial score (nSPS) is 16.0. The summed E-state index contributed by atoms with van der Waals surface area (Å²) in [7, 11) is 0. The van der Waals surface area contributed by atoms with Crippen LogP contribution < -0.4 is 5.73 Å². The Bertz CT molecular complexity index is 616. The summed E-state index contributed by atoms with van der Waals surface area (Å²) in [5.41, 5.74) is 7.24. The fraction of sp³-hybridized carbons (Fsp3) is 0.438. The summed E-state index contributed by atoms with van der Waals surface area (Å²) in [4.78, 5) is 14.3. The van der Waals surface area contributed by atoms with Crippen LogP contribution in [0.2, 0.25) is 0 Å². The Hall–Kier alpha value is -2.21. The van der Waals surface area contributed by atoms with E-state index in [1.54, 1.807) is 10.9 Å². The molecule has 3 rings (SSSR count). The molecular weight excluding hydrogens is 278 g/mol. The van der Waals surface area contributed by atoms with Gasteiger partial charge in [-0.15, -0.1) is 5.10 Å². The van der Waals surface area contributed by atoms with E-state index in [9.17, 15) is 4.79 Å². The number of piperidine rings is 1. The summed E-state index contributed by atoms with van der Waals surface area (Å²) in [5, 5.41) is 8.08. The summed E-state index contributed by atoms with van der Waals surface area (Å²) >= 11 is 0. The fourth-order valence-electron chi connectivity index (χ4n) is 2.78. The lowest BCUT2D eigenvalue weighted by atomic mass is 9.97. The number of rotatable bonds is 4. The second kappa shape index (κ2) is 6.70. The van der Waals surface area contributed by atoms with E-state index in [-0.39, 0.29) is 5.91 Å². The lowest BCUT2D eigenvalue weighted by molar-refractivity contribution is 0.0687. The van der Waals surface area contributed by atoms with E-state index in [0.29, 0.717) is 24.7 Å². The van der Waals surface area contributed by atoms with Crippen LogP contribution in [-0.2, 0) is 6.54 Å². The van der Waals surface area contributed by atoms with Gasteiger partial charge in [-0.2, -0.15) is 0 Å². The standard InChI is InChI=1S/C16H21N5O/c17-10-13-6-8-20(9-7-13)16(22)15-12-21(19-18-15)11-14-4-2-1-3-5-14/h1-5,12-13H,6-11,17H2. The molecule has 0 radical (unpaired) electrons. The number of carbonyl (C=O) groups excluding carboxylic acids is 1. The maximum atomic E-state index is 12.4. The number of amides is 1. The molecule has 2 aromatic rings. The molecule has 0 unspecified atom stereocenters. The molecule has 0 atom stereocenters. The predicted molar refractivity (Wildman–Crippen MR) is 83.2 cm³/mol. The molecule has 0 spiro atoms. The van der Waals surface area contributed by atoms with Gasteiger partial charge >= 0.3 is 0 Å². The first kappa shape index (κ1) is 14.7. The van der Waals surface area contributed by atoms with Gasteiger partial charge in [-0.3, -0.25) is 4.79 Å². The predicted octanol–water partition coefficient (Wildman–Crippen LogP) is 1.14. The van der Waals surface area contributed by atoms with Gasteiger partial charge in [-0.05, 0) is 30.9 Å². The van der Waals surface area contributed by atoms with Crippen LogP contribution in [0.4, 0.5) is 0 Å². The Morgan fingerprint density at radius 2 is 1.95 bits per heavy atom. The fourth-order valence-corrected chi connectivity index (χ4v) is 2.78. The summed E-state index contributed by atoms with van der Waals surface area (Å²) in [5.74, 6) is 0.507. The van der Waals surface area contributed by atoms with Crippen LogP contribution in [-0.4, -0.2) is 45.4 Å². The van der Waals surface area contributed by atoms with E-state index in [1.807, 2.05) is 35.2 Å². The van der Waals surface area contributed by atoms with Crippen molar-refractivity contribution in [3.63, 3.8) is 0 Å². The molecule has 1 aromatic carbocycles. The van der Waals surface area contributed by atoms with Gasteiger partial charge in [0.1, 0.15) is 0 Å². The van der Waals surface area contributed by atoms with Crippen molar-refractivity contribution >= 4 is 5.91 Å². The van der Waals surface area contributed by atoms with Gasteiger partial charge in [0, 0.05) is 13.1 Å². The molecule has 116 valence electrons. The summed E-state index contributed by atoms with van der Waals surface area (Å²) in [6.45, 7) is 2.84. The molecule has 2 N–H and O–H groups in total. The zero-order valence-corrected chi connectivity index (χ0v) is 12.6. The van der Waals surface area contributed by atoms with Gasteiger partial charge in [0.2, 0.25) is 0 Å². The maximum absolute atomic E-state index is 12.4. The van der Waals surface area contributed by atoms with Crippen LogP contribution in [0.5, 0.6) is 0 Å². The number of aromatic nitrogens is 3. The number of hydrogen-bond acceptors (Lipinski definition) is 4. The highest BCUT2D eigenvalue weighted by atomic mass is 16.2. The molecule has 0 saturated carbocycles. The molecule has 1 saturated heterocycles. The molecule has 0 bridgehead atoms. The van der Waals surface area contributed by atoms with Gasteiger partial charge in [0.25, 0.3) is 5.91 Å². The molecule has 1 aliphatic heterocycles. The Morgan fingerprint density at radius 1 is 1.23 bits per heavy atom. The van der Waals surface area contributed by atoms with E-state index in [1.165, 1.54) is 0 Å². The van der Waals surface area contributed by atoms with Gasteiger partial charge in [0.05, 0.1) is 12.7 Å². The molecule has 22 heavy (non-hydrogen) atoms. The first-order valence-corrected chi connectivity index (χ1v) is 7.69. The molecule has 2 heterocycles. The Labute approximate surface area is 129 Å². The van der Waals surface area contributed by atoms with E-state index in [0.717, 1.165) is 31.5 Å². The quantitative estimate of drug-likeness (QED) is 0.918. The second-order valence-electron chi connectivity index (χ2n) is 5.76. The Morgan fingerprint density at radius 3 is 2.64 bits per heavy atom. The molecule has 1 aliphatic rings. The molecular formula is C16H21N5O. The number of nitrogens with zero attached hydrogens (tertiary/aromatic N) is 4. The molecule has 1 fully saturated rings. The third-order valence-corrected chi connectivity index (χ3v) is 4.18. The summed E-state index contributed by atoms with van der Waals surface area (Å²) in [6.07, 6.45) is 3.67. The number of hydrogen-bond donors (Lipinski definition) is 1. The largest absolute Gasteiger partial charge is 0.337 e. The summed E-state index contributed by atoms with van der Waals surface area (Å²) in [6, 6.07) is 10.0. The van der Waals surface area contributed by atoms with E-state index in [4.69, 9.17) is 5.73 Å². The van der Waals surface area contributed by atoms with Crippen molar-refractivity contribution in [3.05, 3.63) is 47.8 Å².